The Hall–Kier alpha value is -3.30. The number of nitrogens with one attached hydrogen (secondary N) is 1. The van der Waals surface area contributed by atoms with Gasteiger partial charge in [-0.2, -0.15) is 15.2 Å². The number of carbonyl (C=O) groups excluding carboxylic acids is 2. The number of aromatic nitrogens is 4. The first kappa shape index (κ1) is 21.9. The Labute approximate surface area is 183 Å². The molecule has 2 aliphatic rings. The molecule has 2 aromatic heterocycles. The van der Waals surface area contributed by atoms with Gasteiger partial charge in [-0.25, -0.2) is 4.98 Å². The van der Waals surface area contributed by atoms with Crippen LogP contribution in [0, 0.1) is 11.3 Å². The minimum absolute atomic E-state index is 0.0583. The number of ether oxygens (including phenoxy) is 3. The number of nitrogens with zero attached hydrogens (tertiary/aromatic N) is 5. The summed E-state index contributed by atoms with van der Waals surface area (Å²) in [7, 11) is 0. The molecule has 12 heteroatoms. The molecular weight excluding hydrogens is 420 g/mol. The monoisotopic (exact) mass is 444 g/mol. The van der Waals surface area contributed by atoms with Gasteiger partial charge in [-0.05, 0) is 12.8 Å². The van der Waals surface area contributed by atoms with Crippen molar-refractivity contribution in [1.29, 1.82) is 5.26 Å². The molecule has 1 aliphatic heterocycles. The van der Waals surface area contributed by atoms with Crippen LogP contribution in [0.3, 0.4) is 0 Å². The fourth-order valence-corrected chi connectivity index (χ4v) is 4.25. The van der Waals surface area contributed by atoms with Crippen molar-refractivity contribution < 1.29 is 28.9 Å². The number of imidazole rings is 1. The summed E-state index contributed by atoms with van der Waals surface area (Å²) < 4.78 is 18.1. The molecule has 0 unspecified atom stereocenters. The number of esters is 2. The van der Waals surface area contributed by atoms with Crippen molar-refractivity contribution in [1.82, 2.24) is 19.5 Å². The van der Waals surface area contributed by atoms with E-state index in [1.807, 2.05) is 6.07 Å². The van der Waals surface area contributed by atoms with Crippen LogP contribution in [-0.2, 0) is 23.8 Å². The third kappa shape index (κ3) is 4.21. The van der Waals surface area contributed by atoms with Crippen LogP contribution in [0.2, 0.25) is 0 Å². The van der Waals surface area contributed by atoms with Gasteiger partial charge in [0.15, 0.2) is 35.4 Å². The highest BCUT2D eigenvalue weighted by molar-refractivity contribution is 5.83. The van der Waals surface area contributed by atoms with Gasteiger partial charge >= 0.3 is 11.9 Å². The van der Waals surface area contributed by atoms with Gasteiger partial charge in [0.05, 0.1) is 12.9 Å². The predicted octanol–water partition coefficient (Wildman–Crippen LogP) is 0.806. The highest BCUT2D eigenvalue weighted by atomic mass is 16.6. The topological polar surface area (TPSA) is 161 Å². The Bertz CT molecular complexity index is 1060. The van der Waals surface area contributed by atoms with E-state index in [-0.39, 0.29) is 11.9 Å². The van der Waals surface area contributed by atoms with E-state index in [9.17, 15) is 20.0 Å². The van der Waals surface area contributed by atoms with Gasteiger partial charge in [0.25, 0.3) is 0 Å². The molecule has 0 spiro atoms. The molecule has 2 N–H and O–H groups in total. The zero-order valence-electron chi connectivity index (χ0n) is 17.7. The van der Waals surface area contributed by atoms with Crippen molar-refractivity contribution >= 4 is 28.9 Å². The van der Waals surface area contributed by atoms with E-state index in [0.29, 0.717) is 17.0 Å². The molecule has 0 radical (unpaired) electrons. The third-order valence-electron chi connectivity index (χ3n) is 5.56. The molecule has 4 rings (SSSR count). The molecule has 1 aliphatic carbocycles. The smallest absolute Gasteiger partial charge is 0.303 e. The zero-order chi connectivity index (χ0) is 22.8. The number of aliphatic hydroxyl groups excluding tert-OH is 1. The summed E-state index contributed by atoms with van der Waals surface area (Å²) in [5, 5.41) is 22.5. The standard InChI is InChI=1S/C20H24N6O6/c1-10(28)30-16-13(8-27)32-20(17(16)31-11(2)29)26-9-22-15-18(23-12-5-3-4-6-12)24-14(7-21)25-19(15)26/h9,12-13,16-17,20,27H,3-6,8H2,1-2H3,(H,23,24,25)/t13-,16-,17-,20-/m1/s1. The second-order valence-electron chi connectivity index (χ2n) is 7.85. The van der Waals surface area contributed by atoms with Crippen LogP contribution in [0.25, 0.3) is 11.2 Å². The second-order valence-corrected chi connectivity index (χ2v) is 7.85. The first-order chi connectivity index (χ1) is 15.4. The van der Waals surface area contributed by atoms with Gasteiger partial charge < -0.3 is 24.6 Å². The number of hydrogen-bond acceptors (Lipinski definition) is 11. The van der Waals surface area contributed by atoms with E-state index in [0.717, 1.165) is 25.7 Å². The summed E-state index contributed by atoms with van der Waals surface area (Å²) in [6, 6.07) is 2.18. The van der Waals surface area contributed by atoms with Crippen LogP contribution >= 0.6 is 0 Å². The Morgan fingerprint density at radius 1 is 1.25 bits per heavy atom. The molecule has 170 valence electrons. The van der Waals surface area contributed by atoms with Crippen molar-refractivity contribution in [3.8, 4) is 6.07 Å². The Morgan fingerprint density at radius 3 is 2.56 bits per heavy atom. The lowest BCUT2D eigenvalue weighted by Crippen LogP contribution is -2.40. The average Bonchev–Trinajstić information content (AvgIpc) is 3.47. The van der Waals surface area contributed by atoms with Crippen LogP contribution in [0.15, 0.2) is 6.33 Å². The largest absolute Gasteiger partial charge is 0.456 e. The third-order valence-corrected chi connectivity index (χ3v) is 5.56. The van der Waals surface area contributed by atoms with Gasteiger partial charge in [0.1, 0.15) is 12.2 Å². The van der Waals surface area contributed by atoms with Crippen LogP contribution in [-0.4, -0.2) is 67.5 Å². The molecule has 4 atom stereocenters. The van der Waals surface area contributed by atoms with Gasteiger partial charge in [-0.1, -0.05) is 12.8 Å². The minimum atomic E-state index is -1.06. The van der Waals surface area contributed by atoms with Crippen molar-refractivity contribution in [3.05, 3.63) is 12.2 Å². The lowest BCUT2D eigenvalue weighted by Gasteiger charge is -2.23. The van der Waals surface area contributed by atoms with Crippen molar-refractivity contribution in [2.24, 2.45) is 0 Å². The molecule has 2 aromatic rings. The summed E-state index contributed by atoms with van der Waals surface area (Å²) in [5.41, 5.74) is 0.719. The number of hydrogen-bond donors (Lipinski definition) is 2. The molecule has 32 heavy (non-hydrogen) atoms. The minimum Gasteiger partial charge on any atom is -0.456 e. The lowest BCUT2D eigenvalue weighted by molar-refractivity contribution is -0.165. The summed E-state index contributed by atoms with van der Waals surface area (Å²) in [4.78, 5) is 36.3. The Kier molecular flexibility index (Phi) is 6.20. The van der Waals surface area contributed by atoms with Crippen molar-refractivity contribution in [2.75, 3.05) is 11.9 Å². The van der Waals surface area contributed by atoms with E-state index in [4.69, 9.17) is 14.2 Å². The molecule has 0 amide bonds. The van der Waals surface area contributed by atoms with E-state index in [1.54, 1.807) is 0 Å². The highest BCUT2D eigenvalue weighted by Gasteiger charge is 2.50. The predicted molar refractivity (Wildman–Crippen MR) is 108 cm³/mol. The Morgan fingerprint density at radius 2 is 1.94 bits per heavy atom. The number of aliphatic hydroxyl groups is 1. The number of rotatable bonds is 6. The summed E-state index contributed by atoms with van der Waals surface area (Å²) in [5.74, 6) is -0.839. The fourth-order valence-electron chi connectivity index (χ4n) is 4.25. The lowest BCUT2D eigenvalue weighted by atomic mass is 10.1. The van der Waals surface area contributed by atoms with E-state index in [1.165, 1.54) is 24.7 Å². The van der Waals surface area contributed by atoms with Gasteiger partial charge in [-0.3, -0.25) is 14.2 Å². The molecule has 3 heterocycles. The van der Waals surface area contributed by atoms with Crippen LogP contribution in [0.4, 0.5) is 5.82 Å². The maximum atomic E-state index is 11.8. The van der Waals surface area contributed by atoms with E-state index < -0.39 is 43.1 Å². The SMILES string of the molecule is CC(=O)O[C@@H]1[C@H](OC(C)=O)[C@@H](CO)O[C@H]1n1cnc2c(NC3CCCC3)nc(C#N)nc21. The van der Waals surface area contributed by atoms with Crippen LogP contribution in [0.5, 0.6) is 0 Å². The average molecular weight is 444 g/mol. The van der Waals surface area contributed by atoms with Crippen LogP contribution < -0.4 is 5.32 Å². The zero-order valence-corrected chi connectivity index (χ0v) is 17.7. The molecule has 0 aromatic carbocycles. The van der Waals surface area contributed by atoms with Crippen molar-refractivity contribution in [3.63, 3.8) is 0 Å². The summed E-state index contributed by atoms with van der Waals surface area (Å²) in [6.07, 6.45) is 1.65. The molecular formula is C20H24N6O6. The Balaban J connectivity index is 1.76. The highest BCUT2D eigenvalue weighted by Crippen LogP contribution is 2.36. The normalized spacial score (nSPS) is 25.6. The molecule has 1 saturated heterocycles. The van der Waals surface area contributed by atoms with E-state index >= 15 is 0 Å². The number of nitriles is 1. The maximum absolute atomic E-state index is 11.8. The number of anilines is 1. The van der Waals surface area contributed by atoms with Crippen molar-refractivity contribution in [2.45, 2.75) is 70.1 Å². The molecule has 2 fully saturated rings. The van der Waals surface area contributed by atoms with Gasteiger partial charge in [0, 0.05) is 19.9 Å². The summed E-state index contributed by atoms with van der Waals surface area (Å²) in [6.45, 7) is 1.97. The quantitative estimate of drug-likeness (QED) is 0.606. The first-order valence-corrected chi connectivity index (χ1v) is 10.4. The first-order valence-electron chi connectivity index (χ1n) is 10.4. The second kappa shape index (κ2) is 9.05. The fraction of sp³-hybridized carbons (Fsp3) is 0.600. The van der Waals surface area contributed by atoms with Gasteiger partial charge in [-0.15, -0.1) is 0 Å². The number of fused-ring (bicyclic) bond motifs is 1. The molecule has 0 bridgehead atoms. The molecule has 1 saturated carbocycles. The molecule has 12 nitrogen and oxygen atoms in total. The van der Waals surface area contributed by atoms with Gasteiger partial charge in [0.2, 0.25) is 5.82 Å². The summed E-state index contributed by atoms with van der Waals surface area (Å²) >= 11 is 0. The van der Waals surface area contributed by atoms with E-state index in [2.05, 4.69) is 20.3 Å². The number of carbonyl (C=O) groups is 2. The maximum Gasteiger partial charge on any atom is 0.303 e. The van der Waals surface area contributed by atoms with Crippen LogP contribution in [0.1, 0.15) is 51.6 Å².